The number of ether oxygens (including phenoxy) is 1. The van der Waals surface area contributed by atoms with E-state index in [9.17, 15) is 4.79 Å². The molecule has 6 nitrogen and oxygen atoms in total. The van der Waals surface area contributed by atoms with Gasteiger partial charge >= 0.3 is 5.97 Å². The highest BCUT2D eigenvalue weighted by atomic mass is 32.1. The second-order valence-electron chi connectivity index (χ2n) is 7.09. The molecule has 0 spiro atoms. The summed E-state index contributed by atoms with van der Waals surface area (Å²) in [5.41, 5.74) is 3.80. The molecule has 2 heterocycles. The van der Waals surface area contributed by atoms with Crippen LogP contribution >= 0.6 is 11.3 Å². The molecule has 2 aromatic heterocycles. The number of thiophene rings is 1. The van der Waals surface area contributed by atoms with Gasteiger partial charge in [0.1, 0.15) is 28.5 Å². The maximum atomic E-state index is 12.7. The minimum atomic E-state index is -0.347. The topological polar surface area (TPSA) is 67.3 Å². The standard InChI is InChI=1S/C23H22N4O2S/c1-15-19-21(26-17-9-11-18(12-10-17)27(2)3)24-14-25-22(19)30-20(15)23(28)29-13-16-7-5-4-6-8-16/h4-12,14H,13H2,1-3H3,(H,24,25,26). The Morgan fingerprint density at radius 1 is 1.07 bits per heavy atom. The van der Waals surface area contributed by atoms with Crippen molar-refractivity contribution in [1.82, 2.24) is 9.97 Å². The van der Waals surface area contributed by atoms with E-state index in [2.05, 4.69) is 15.3 Å². The van der Waals surface area contributed by atoms with Crippen LogP contribution in [0.5, 0.6) is 0 Å². The number of benzene rings is 2. The SMILES string of the molecule is Cc1c(C(=O)OCc2ccccc2)sc2ncnc(Nc3ccc(N(C)C)cc3)c12. The highest BCUT2D eigenvalue weighted by molar-refractivity contribution is 7.20. The number of carbonyl (C=O) groups is 1. The van der Waals surface area contributed by atoms with Crippen LogP contribution in [-0.4, -0.2) is 30.0 Å². The van der Waals surface area contributed by atoms with Gasteiger partial charge in [0.15, 0.2) is 0 Å². The minimum absolute atomic E-state index is 0.238. The van der Waals surface area contributed by atoms with Gasteiger partial charge in [0.05, 0.1) is 5.39 Å². The zero-order valence-corrected chi connectivity index (χ0v) is 17.9. The molecule has 0 saturated heterocycles. The van der Waals surface area contributed by atoms with E-state index in [1.807, 2.05) is 80.5 Å². The zero-order chi connectivity index (χ0) is 21.1. The molecule has 4 rings (SSSR count). The smallest absolute Gasteiger partial charge is 0.349 e. The minimum Gasteiger partial charge on any atom is -0.457 e. The molecule has 1 N–H and O–H groups in total. The molecular formula is C23H22N4O2S. The number of carbonyl (C=O) groups excluding carboxylic acids is 1. The second kappa shape index (κ2) is 8.51. The number of rotatable bonds is 6. The number of fused-ring (bicyclic) bond motifs is 1. The molecule has 0 amide bonds. The number of hydrogen-bond acceptors (Lipinski definition) is 7. The molecule has 30 heavy (non-hydrogen) atoms. The van der Waals surface area contributed by atoms with Gasteiger partial charge in [-0.1, -0.05) is 30.3 Å². The highest BCUT2D eigenvalue weighted by Gasteiger charge is 2.20. The summed E-state index contributed by atoms with van der Waals surface area (Å²) in [5, 5.41) is 4.19. The number of aromatic nitrogens is 2. The monoisotopic (exact) mass is 418 g/mol. The number of anilines is 3. The van der Waals surface area contributed by atoms with Gasteiger partial charge in [0, 0.05) is 25.5 Å². The van der Waals surface area contributed by atoms with Gasteiger partial charge < -0.3 is 15.0 Å². The van der Waals surface area contributed by atoms with Crippen LogP contribution in [0.25, 0.3) is 10.2 Å². The van der Waals surface area contributed by atoms with Crippen molar-refractivity contribution in [3.05, 3.63) is 76.9 Å². The Balaban J connectivity index is 1.58. The lowest BCUT2D eigenvalue weighted by molar-refractivity contribution is 0.0478. The Bertz CT molecular complexity index is 1170. The zero-order valence-electron chi connectivity index (χ0n) is 17.0. The molecule has 0 aliphatic carbocycles. The molecule has 2 aromatic carbocycles. The summed E-state index contributed by atoms with van der Waals surface area (Å²) in [6, 6.07) is 17.7. The van der Waals surface area contributed by atoms with Crippen LogP contribution in [0.15, 0.2) is 60.9 Å². The summed E-state index contributed by atoms with van der Waals surface area (Å²) in [4.78, 5) is 24.8. The third-order valence-electron chi connectivity index (χ3n) is 4.77. The van der Waals surface area contributed by atoms with Gasteiger partial charge in [-0.15, -0.1) is 11.3 Å². The van der Waals surface area contributed by atoms with Crippen molar-refractivity contribution in [3.63, 3.8) is 0 Å². The first kappa shape index (κ1) is 19.8. The van der Waals surface area contributed by atoms with Gasteiger partial charge in [0.2, 0.25) is 0 Å². The molecule has 0 saturated carbocycles. The van der Waals surface area contributed by atoms with E-state index in [1.54, 1.807) is 0 Å². The third-order valence-corrected chi connectivity index (χ3v) is 5.95. The van der Waals surface area contributed by atoms with Crippen LogP contribution in [0.4, 0.5) is 17.2 Å². The van der Waals surface area contributed by atoms with Crippen molar-refractivity contribution < 1.29 is 9.53 Å². The molecule has 4 aromatic rings. The predicted molar refractivity (Wildman–Crippen MR) is 122 cm³/mol. The maximum absolute atomic E-state index is 12.7. The summed E-state index contributed by atoms with van der Waals surface area (Å²) < 4.78 is 5.52. The van der Waals surface area contributed by atoms with Crippen LogP contribution in [0.3, 0.4) is 0 Å². The molecule has 0 aliphatic rings. The van der Waals surface area contributed by atoms with Gasteiger partial charge in [0.25, 0.3) is 0 Å². The van der Waals surface area contributed by atoms with Gasteiger partial charge in [-0.3, -0.25) is 0 Å². The van der Waals surface area contributed by atoms with Crippen molar-refractivity contribution >= 4 is 44.7 Å². The van der Waals surface area contributed by atoms with Crippen molar-refractivity contribution in [2.24, 2.45) is 0 Å². The van der Waals surface area contributed by atoms with E-state index in [1.165, 1.54) is 17.7 Å². The summed E-state index contributed by atoms with van der Waals surface area (Å²) in [6.07, 6.45) is 1.51. The number of aryl methyl sites for hydroxylation is 1. The Labute approximate surface area is 179 Å². The molecule has 0 bridgehead atoms. The number of nitrogens with one attached hydrogen (secondary N) is 1. The molecule has 0 radical (unpaired) electrons. The molecule has 7 heteroatoms. The number of esters is 1. The number of hydrogen-bond donors (Lipinski definition) is 1. The van der Waals surface area contributed by atoms with Crippen LogP contribution in [0.2, 0.25) is 0 Å². The van der Waals surface area contributed by atoms with E-state index in [4.69, 9.17) is 4.74 Å². The number of nitrogens with zero attached hydrogens (tertiary/aromatic N) is 3. The Morgan fingerprint density at radius 3 is 2.50 bits per heavy atom. The van der Waals surface area contributed by atoms with E-state index in [0.29, 0.717) is 10.7 Å². The predicted octanol–water partition coefficient (Wildman–Crippen LogP) is 5.17. The van der Waals surface area contributed by atoms with Crippen LogP contribution in [0.1, 0.15) is 20.8 Å². The lowest BCUT2D eigenvalue weighted by Crippen LogP contribution is -2.08. The van der Waals surface area contributed by atoms with Crippen LogP contribution < -0.4 is 10.2 Å². The lowest BCUT2D eigenvalue weighted by atomic mass is 10.2. The van der Waals surface area contributed by atoms with E-state index in [0.717, 1.165) is 32.7 Å². The fraction of sp³-hybridized carbons (Fsp3) is 0.174. The first-order chi connectivity index (χ1) is 14.5. The molecular weight excluding hydrogens is 396 g/mol. The van der Waals surface area contributed by atoms with Gasteiger partial charge in [-0.25, -0.2) is 14.8 Å². The Kier molecular flexibility index (Phi) is 5.63. The quantitative estimate of drug-likeness (QED) is 0.436. The fourth-order valence-corrected chi connectivity index (χ4v) is 4.17. The summed E-state index contributed by atoms with van der Waals surface area (Å²) in [5.74, 6) is 0.328. The van der Waals surface area contributed by atoms with Crippen LogP contribution in [-0.2, 0) is 11.3 Å². The van der Waals surface area contributed by atoms with E-state index < -0.39 is 0 Å². The van der Waals surface area contributed by atoms with Gasteiger partial charge in [-0.2, -0.15) is 0 Å². The molecule has 0 fully saturated rings. The largest absolute Gasteiger partial charge is 0.457 e. The fourth-order valence-electron chi connectivity index (χ4n) is 3.13. The molecule has 0 unspecified atom stereocenters. The molecule has 0 atom stereocenters. The maximum Gasteiger partial charge on any atom is 0.349 e. The summed E-state index contributed by atoms with van der Waals surface area (Å²) in [7, 11) is 4.01. The van der Waals surface area contributed by atoms with Crippen molar-refractivity contribution in [3.8, 4) is 0 Å². The molecule has 152 valence electrons. The first-order valence-corrected chi connectivity index (χ1v) is 10.3. The molecule has 0 aliphatic heterocycles. The third kappa shape index (κ3) is 4.11. The van der Waals surface area contributed by atoms with Crippen molar-refractivity contribution in [2.75, 3.05) is 24.3 Å². The van der Waals surface area contributed by atoms with Crippen molar-refractivity contribution in [2.45, 2.75) is 13.5 Å². The normalized spacial score (nSPS) is 10.8. The van der Waals surface area contributed by atoms with Crippen molar-refractivity contribution in [1.29, 1.82) is 0 Å². The van der Waals surface area contributed by atoms with E-state index >= 15 is 0 Å². The Morgan fingerprint density at radius 2 is 1.80 bits per heavy atom. The first-order valence-electron chi connectivity index (χ1n) is 9.52. The van der Waals surface area contributed by atoms with E-state index in [-0.39, 0.29) is 12.6 Å². The summed E-state index contributed by atoms with van der Waals surface area (Å²) >= 11 is 1.33. The average molecular weight is 419 g/mol. The van der Waals surface area contributed by atoms with Gasteiger partial charge in [-0.05, 0) is 42.3 Å². The van der Waals surface area contributed by atoms with Crippen LogP contribution in [0, 0.1) is 6.92 Å². The Hall–Kier alpha value is -3.45. The highest BCUT2D eigenvalue weighted by Crippen LogP contribution is 2.35. The summed E-state index contributed by atoms with van der Waals surface area (Å²) in [6.45, 7) is 2.14. The second-order valence-corrected chi connectivity index (χ2v) is 8.09. The lowest BCUT2D eigenvalue weighted by Gasteiger charge is -2.13. The average Bonchev–Trinajstić information content (AvgIpc) is 3.11.